The first kappa shape index (κ1) is 28.0. The lowest BCUT2D eigenvalue weighted by atomic mass is 9.97. The van der Waals surface area contributed by atoms with Crippen LogP contribution in [-0.4, -0.2) is 13.7 Å². The number of hydrogen-bond acceptors (Lipinski definition) is 0. The Hall–Kier alpha value is -6.84. The number of fused-ring (bicyclic) bond motifs is 10. The zero-order valence-corrected chi connectivity index (χ0v) is 27.7. The highest BCUT2D eigenvalue weighted by molar-refractivity contribution is 6.31. The number of nitrogens with zero attached hydrogens (tertiary/aromatic N) is 3. The fourth-order valence-corrected chi connectivity index (χ4v) is 8.55. The van der Waals surface area contributed by atoms with Crippen LogP contribution in [0.1, 0.15) is 0 Å². The maximum Gasteiger partial charge on any atom is 0.0627 e. The summed E-state index contributed by atoms with van der Waals surface area (Å²) in [6.45, 7) is 0. The predicted molar refractivity (Wildman–Crippen MR) is 215 cm³/mol. The van der Waals surface area contributed by atoms with E-state index in [0.717, 1.165) is 17.1 Å². The zero-order valence-electron chi connectivity index (χ0n) is 27.7. The first-order valence-corrected chi connectivity index (χ1v) is 17.5. The molecule has 8 aromatic carbocycles. The van der Waals surface area contributed by atoms with Gasteiger partial charge in [-0.05, 0) is 72.3 Å². The minimum Gasteiger partial charge on any atom is -0.309 e. The molecular formula is C48H31N3. The van der Waals surface area contributed by atoms with Crippen LogP contribution in [0.4, 0.5) is 0 Å². The van der Waals surface area contributed by atoms with Crippen LogP contribution in [0.5, 0.6) is 0 Å². The Bertz CT molecular complexity index is 3070. The van der Waals surface area contributed by atoms with Crippen LogP contribution in [0.2, 0.25) is 0 Å². The van der Waals surface area contributed by atoms with E-state index in [1.165, 1.54) is 76.5 Å². The van der Waals surface area contributed by atoms with Crippen molar-refractivity contribution in [2.24, 2.45) is 0 Å². The molecule has 0 aliphatic carbocycles. The SMILES string of the molecule is c1ccc(-n2c3ccccc3c3c4c5ccccc5n(-c5ccccc5)c4c(-c4cccc(-n5c6ccccc6c6ccccc65)c4)cc32)cc1. The number of benzene rings is 8. The molecule has 0 saturated heterocycles. The molecule has 3 heteroatoms. The first-order valence-electron chi connectivity index (χ1n) is 17.5. The molecule has 0 radical (unpaired) electrons. The van der Waals surface area contributed by atoms with Crippen LogP contribution in [0.15, 0.2) is 188 Å². The maximum atomic E-state index is 2.47. The Morgan fingerprint density at radius 1 is 0.275 bits per heavy atom. The number of para-hydroxylation sites is 6. The lowest BCUT2D eigenvalue weighted by Crippen LogP contribution is -1.98. The fraction of sp³-hybridized carbons (Fsp3) is 0. The number of aromatic nitrogens is 3. The van der Waals surface area contributed by atoms with E-state index < -0.39 is 0 Å². The molecule has 0 unspecified atom stereocenters. The molecule has 11 aromatic rings. The van der Waals surface area contributed by atoms with Crippen molar-refractivity contribution >= 4 is 65.4 Å². The van der Waals surface area contributed by atoms with Crippen molar-refractivity contribution in [1.82, 2.24) is 13.7 Å². The quantitative estimate of drug-likeness (QED) is 0.180. The lowest BCUT2D eigenvalue weighted by Gasteiger charge is -2.15. The molecule has 0 saturated carbocycles. The van der Waals surface area contributed by atoms with Gasteiger partial charge >= 0.3 is 0 Å². The van der Waals surface area contributed by atoms with Gasteiger partial charge in [-0.15, -0.1) is 0 Å². The van der Waals surface area contributed by atoms with Crippen molar-refractivity contribution in [3.63, 3.8) is 0 Å². The highest BCUT2D eigenvalue weighted by Gasteiger charge is 2.24. The van der Waals surface area contributed by atoms with Gasteiger partial charge in [-0.3, -0.25) is 0 Å². The second-order valence-corrected chi connectivity index (χ2v) is 13.3. The van der Waals surface area contributed by atoms with Crippen LogP contribution >= 0.6 is 0 Å². The van der Waals surface area contributed by atoms with Gasteiger partial charge in [0, 0.05) is 54.9 Å². The zero-order chi connectivity index (χ0) is 33.5. The van der Waals surface area contributed by atoms with Gasteiger partial charge < -0.3 is 13.7 Å². The van der Waals surface area contributed by atoms with E-state index in [2.05, 4.69) is 202 Å². The van der Waals surface area contributed by atoms with E-state index >= 15 is 0 Å². The molecule has 238 valence electrons. The molecule has 0 atom stereocenters. The van der Waals surface area contributed by atoms with Gasteiger partial charge in [-0.25, -0.2) is 0 Å². The van der Waals surface area contributed by atoms with Crippen LogP contribution < -0.4 is 0 Å². The van der Waals surface area contributed by atoms with Crippen LogP contribution in [0, 0.1) is 0 Å². The highest BCUT2D eigenvalue weighted by atomic mass is 15.0. The summed E-state index contributed by atoms with van der Waals surface area (Å²) in [5.74, 6) is 0. The molecule has 3 aromatic heterocycles. The summed E-state index contributed by atoms with van der Waals surface area (Å²) in [6, 6.07) is 68.4. The summed E-state index contributed by atoms with van der Waals surface area (Å²) in [7, 11) is 0. The normalized spacial score (nSPS) is 11.9. The van der Waals surface area contributed by atoms with Crippen molar-refractivity contribution in [2.75, 3.05) is 0 Å². The molecular weight excluding hydrogens is 619 g/mol. The minimum absolute atomic E-state index is 1.14. The summed E-state index contributed by atoms with van der Waals surface area (Å²) in [5, 5.41) is 7.58. The summed E-state index contributed by atoms with van der Waals surface area (Å²) in [6.07, 6.45) is 0. The number of rotatable bonds is 4. The van der Waals surface area contributed by atoms with E-state index in [0.29, 0.717) is 0 Å². The molecule has 51 heavy (non-hydrogen) atoms. The second kappa shape index (κ2) is 10.8. The molecule has 0 aliphatic rings. The maximum absolute atomic E-state index is 2.47. The van der Waals surface area contributed by atoms with Crippen molar-refractivity contribution in [3.8, 4) is 28.2 Å². The molecule has 0 fully saturated rings. The average Bonchev–Trinajstić information content (AvgIpc) is 3.84. The summed E-state index contributed by atoms with van der Waals surface area (Å²) in [5.41, 5.74) is 13.0. The van der Waals surface area contributed by atoms with Gasteiger partial charge in [-0.2, -0.15) is 0 Å². The summed E-state index contributed by atoms with van der Waals surface area (Å²) < 4.78 is 7.33. The van der Waals surface area contributed by atoms with Crippen LogP contribution in [0.3, 0.4) is 0 Å². The highest BCUT2D eigenvalue weighted by Crippen LogP contribution is 2.47. The topological polar surface area (TPSA) is 14.8 Å². The Labute approximate surface area is 294 Å². The Morgan fingerprint density at radius 2 is 0.706 bits per heavy atom. The summed E-state index contributed by atoms with van der Waals surface area (Å²) in [4.78, 5) is 0. The van der Waals surface area contributed by atoms with Crippen molar-refractivity contribution < 1.29 is 0 Å². The second-order valence-electron chi connectivity index (χ2n) is 13.3. The largest absolute Gasteiger partial charge is 0.309 e. The van der Waals surface area contributed by atoms with Crippen molar-refractivity contribution in [3.05, 3.63) is 188 Å². The molecule has 0 aliphatic heterocycles. The molecule has 0 N–H and O–H groups in total. The van der Waals surface area contributed by atoms with Crippen molar-refractivity contribution in [2.45, 2.75) is 0 Å². The molecule has 0 bridgehead atoms. The van der Waals surface area contributed by atoms with E-state index in [1.807, 2.05) is 0 Å². The monoisotopic (exact) mass is 649 g/mol. The van der Waals surface area contributed by atoms with Gasteiger partial charge in [-0.1, -0.05) is 121 Å². The minimum atomic E-state index is 1.14. The van der Waals surface area contributed by atoms with Gasteiger partial charge in [0.15, 0.2) is 0 Å². The summed E-state index contributed by atoms with van der Waals surface area (Å²) >= 11 is 0. The van der Waals surface area contributed by atoms with E-state index in [-0.39, 0.29) is 0 Å². The third-order valence-corrected chi connectivity index (χ3v) is 10.6. The third kappa shape index (κ3) is 4.00. The number of hydrogen-bond donors (Lipinski definition) is 0. The fourth-order valence-electron chi connectivity index (χ4n) is 8.55. The van der Waals surface area contributed by atoms with E-state index in [4.69, 9.17) is 0 Å². The van der Waals surface area contributed by atoms with E-state index in [9.17, 15) is 0 Å². The Balaban J connectivity index is 1.33. The smallest absolute Gasteiger partial charge is 0.0627 e. The van der Waals surface area contributed by atoms with Gasteiger partial charge in [0.25, 0.3) is 0 Å². The molecule has 0 spiro atoms. The molecule has 3 heterocycles. The van der Waals surface area contributed by atoms with Crippen molar-refractivity contribution in [1.29, 1.82) is 0 Å². The standard InChI is InChI=1S/C48H31N3/c1-3-17-33(18-4-1)49-43-28-13-9-24-38(43)46-45(49)31-40(48-47(46)39-25-10-14-29-44(39)51(48)34-19-5-2-6-20-34)32-16-15-21-35(30-32)50-41-26-11-7-22-36(41)37-23-8-12-27-42(37)50/h1-31H. The average molecular weight is 650 g/mol. The molecule has 3 nitrogen and oxygen atoms in total. The lowest BCUT2D eigenvalue weighted by molar-refractivity contribution is 1.17. The van der Waals surface area contributed by atoms with E-state index in [1.54, 1.807) is 0 Å². The van der Waals surface area contributed by atoms with Crippen LogP contribution in [-0.2, 0) is 0 Å². The Morgan fingerprint density at radius 3 is 1.31 bits per heavy atom. The van der Waals surface area contributed by atoms with Gasteiger partial charge in [0.1, 0.15) is 0 Å². The molecule has 11 rings (SSSR count). The van der Waals surface area contributed by atoms with Gasteiger partial charge in [0.2, 0.25) is 0 Å². The van der Waals surface area contributed by atoms with Crippen LogP contribution in [0.25, 0.3) is 93.6 Å². The predicted octanol–water partition coefficient (Wildman–Crippen LogP) is 12.6. The first-order chi connectivity index (χ1) is 25.3. The third-order valence-electron chi connectivity index (χ3n) is 10.6. The Kier molecular flexibility index (Phi) is 5.96. The van der Waals surface area contributed by atoms with Gasteiger partial charge in [0.05, 0.1) is 33.1 Å². The molecule has 0 amide bonds.